The number of halogens is 1. The van der Waals surface area contributed by atoms with Crippen LogP contribution in [0.15, 0.2) is 40.3 Å². The maximum atomic E-state index is 13.5. The number of carbonyl (C=O) groups is 1. The predicted molar refractivity (Wildman–Crippen MR) is 97.0 cm³/mol. The van der Waals surface area contributed by atoms with Gasteiger partial charge in [-0.1, -0.05) is 37.7 Å². The summed E-state index contributed by atoms with van der Waals surface area (Å²) in [7, 11) is 0. The number of anilines is 1. The molecule has 5 nitrogen and oxygen atoms in total. The number of amides is 1. The molecule has 2 N–H and O–H groups in total. The zero-order valence-corrected chi connectivity index (χ0v) is 15.0. The summed E-state index contributed by atoms with van der Waals surface area (Å²) in [5, 5.41) is 3.31. The van der Waals surface area contributed by atoms with Crippen molar-refractivity contribution in [3.05, 3.63) is 52.2 Å². The summed E-state index contributed by atoms with van der Waals surface area (Å²) in [4.78, 5) is 30.5. The van der Waals surface area contributed by atoms with E-state index in [0.717, 1.165) is 11.8 Å². The van der Waals surface area contributed by atoms with Crippen LogP contribution in [0.5, 0.6) is 0 Å². The van der Waals surface area contributed by atoms with E-state index in [-0.39, 0.29) is 22.9 Å². The maximum absolute atomic E-state index is 13.5. The van der Waals surface area contributed by atoms with Gasteiger partial charge < -0.3 is 10.3 Å². The molecule has 2 rings (SSSR count). The zero-order valence-electron chi connectivity index (χ0n) is 13.3. The van der Waals surface area contributed by atoms with Crippen LogP contribution in [-0.4, -0.2) is 26.9 Å². The summed E-state index contributed by atoms with van der Waals surface area (Å²) >= 11 is 2.79. The minimum atomic E-state index is -0.491. The van der Waals surface area contributed by atoms with Crippen LogP contribution in [0.1, 0.15) is 19.5 Å². The van der Waals surface area contributed by atoms with Crippen LogP contribution in [0.4, 0.5) is 10.1 Å². The van der Waals surface area contributed by atoms with Crippen molar-refractivity contribution in [1.82, 2.24) is 9.97 Å². The van der Waals surface area contributed by atoms with Gasteiger partial charge in [-0.25, -0.2) is 9.37 Å². The third-order valence-corrected chi connectivity index (χ3v) is 4.83. The number of aromatic amines is 1. The van der Waals surface area contributed by atoms with Crippen molar-refractivity contribution in [2.45, 2.75) is 30.0 Å². The highest BCUT2D eigenvalue weighted by Gasteiger charge is 2.09. The van der Waals surface area contributed by atoms with Crippen LogP contribution in [0, 0.1) is 5.82 Å². The lowest BCUT2D eigenvalue weighted by Crippen LogP contribution is -2.16. The number of nitrogens with one attached hydrogen (secondary N) is 2. The Balaban J connectivity index is 1.95. The van der Waals surface area contributed by atoms with Gasteiger partial charge in [-0.15, -0.1) is 0 Å². The first-order chi connectivity index (χ1) is 11.4. The van der Waals surface area contributed by atoms with E-state index in [1.807, 2.05) is 0 Å². The average Bonchev–Trinajstić information content (AvgIpc) is 2.53. The first kappa shape index (κ1) is 18.5. The molecule has 0 radical (unpaired) electrons. The number of para-hydroxylation sites is 1. The normalized spacial score (nSPS) is 10.8. The number of carbonyl (C=O) groups excluding carboxylic acids is 1. The standard InChI is InChI=1S/C16H18FN3O2S2/c1-10(2)23-8-11-7-14(21)20-16(18-11)24-9-15(22)19-13-6-4-3-5-12(13)17/h3-7,10H,8-9H2,1-2H3,(H,19,22)(H,18,20,21). The van der Waals surface area contributed by atoms with E-state index in [2.05, 4.69) is 29.1 Å². The van der Waals surface area contributed by atoms with Gasteiger partial charge in [-0.2, -0.15) is 11.8 Å². The highest BCUT2D eigenvalue weighted by atomic mass is 32.2. The van der Waals surface area contributed by atoms with Crippen molar-refractivity contribution < 1.29 is 9.18 Å². The van der Waals surface area contributed by atoms with E-state index in [0.29, 0.717) is 21.9 Å². The summed E-state index contributed by atoms with van der Waals surface area (Å²) in [6.45, 7) is 4.14. The monoisotopic (exact) mass is 367 g/mol. The van der Waals surface area contributed by atoms with Crippen LogP contribution in [0.25, 0.3) is 0 Å². The molecule has 0 unspecified atom stereocenters. The molecule has 0 aliphatic rings. The molecule has 1 heterocycles. The van der Waals surface area contributed by atoms with Crippen molar-refractivity contribution in [3.8, 4) is 0 Å². The second-order valence-electron chi connectivity index (χ2n) is 5.22. The highest BCUT2D eigenvalue weighted by Crippen LogP contribution is 2.18. The number of thioether (sulfide) groups is 2. The molecular weight excluding hydrogens is 349 g/mol. The van der Waals surface area contributed by atoms with Crippen LogP contribution < -0.4 is 10.9 Å². The van der Waals surface area contributed by atoms with Crippen molar-refractivity contribution in [1.29, 1.82) is 0 Å². The fourth-order valence-corrected chi connectivity index (χ4v) is 3.11. The predicted octanol–water partition coefficient (Wildman–Crippen LogP) is 3.28. The molecule has 1 amide bonds. The maximum Gasteiger partial charge on any atom is 0.251 e. The molecule has 1 aromatic heterocycles. The molecule has 0 bridgehead atoms. The number of hydrogen-bond donors (Lipinski definition) is 2. The van der Waals surface area contributed by atoms with E-state index in [1.54, 1.807) is 23.9 Å². The largest absolute Gasteiger partial charge is 0.323 e. The van der Waals surface area contributed by atoms with E-state index < -0.39 is 5.82 Å². The van der Waals surface area contributed by atoms with Gasteiger partial charge in [-0.3, -0.25) is 9.59 Å². The molecule has 128 valence electrons. The van der Waals surface area contributed by atoms with Gasteiger partial charge in [0.2, 0.25) is 5.91 Å². The van der Waals surface area contributed by atoms with Gasteiger partial charge in [0.05, 0.1) is 17.1 Å². The van der Waals surface area contributed by atoms with Gasteiger partial charge in [0.15, 0.2) is 5.16 Å². The number of nitrogens with zero attached hydrogens (tertiary/aromatic N) is 1. The van der Waals surface area contributed by atoms with E-state index in [9.17, 15) is 14.0 Å². The minimum absolute atomic E-state index is 0.0258. The molecule has 0 saturated heterocycles. The molecule has 0 fully saturated rings. The van der Waals surface area contributed by atoms with E-state index in [1.165, 1.54) is 18.2 Å². The third-order valence-electron chi connectivity index (χ3n) is 2.83. The highest BCUT2D eigenvalue weighted by molar-refractivity contribution is 7.99. The first-order valence-electron chi connectivity index (χ1n) is 7.33. The fourth-order valence-electron chi connectivity index (χ4n) is 1.76. The Bertz CT molecular complexity index is 765. The van der Waals surface area contributed by atoms with Gasteiger partial charge in [-0.05, 0) is 17.4 Å². The van der Waals surface area contributed by atoms with Crippen LogP contribution in [-0.2, 0) is 10.5 Å². The Labute approximate surface area is 147 Å². The Hall–Kier alpha value is -1.80. The Morgan fingerprint density at radius 1 is 1.38 bits per heavy atom. The second-order valence-corrected chi connectivity index (χ2v) is 7.75. The number of aromatic nitrogens is 2. The SMILES string of the molecule is CC(C)SCc1cc(=O)[nH]c(SCC(=O)Nc2ccccc2F)n1. The molecular formula is C16H18FN3O2S2. The third kappa shape index (κ3) is 6.01. The molecule has 0 spiro atoms. The van der Waals surface area contributed by atoms with Crippen molar-refractivity contribution in [3.63, 3.8) is 0 Å². The number of rotatable bonds is 7. The molecule has 24 heavy (non-hydrogen) atoms. The summed E-state index contributed by atoms with van der Waals surface area (Å²) in [5.41, 5.74) is 0.558. The zero-order chi connectivity index (χ0) is 17.5. The van der Waals surface area contributed by atoms with Gasteiger partial charge in [0, 0.05) is 11.8 Å². The number of benzene rings is 1. The molecule has 0 atom stereocenters. The molecule has 0 aliphatic heterocycles. The molecule has 8 heteroatoms. The lowest BCUT2D eigenvalue weighted by molar-refractivity contribution is -0.113. The van der Waals surface area contributed by atoms with E-state index >= 15 is 0 Å². The summed E-state index contributed by atoms with van der Waals surface area (Å²) in [6.07, 6.45) is 0. The summed E-state index contributed by atoms with van der Waals surface area (Å²) in [6, 6.07) is 7.41. The quantitative estimate of drug-likeness (QED) is 0.580. The molecule has 2 aromatic rings. The molecule has 1 aromatic carbocycles. The first-order valence-corrected chi connectivity index (χ1v) is 9.36. The fraction of sp³-hybridized carbons (Fsp3) is 0.312. The second kappa shape index (κ2) is 8.89. The number of hydrogen-bond acceptors (Lipinski definition) is 5. The molecule has 0 saturated carbocycles. The smallest absolute Gasteiger partial charge is 0.251 e. The topological polar surface area (TPSA) is 74.8 Å². The van der Waals surface area contributed by atoms with Crippen LogP contribution in [0.3, 0.4) is 0 Å². The van der Waals surface area contributed by atoms with Crippen molar-refractivity contribution in [2.75, 3.05) is 11.1 Å². The van der Waals surface area contributed by atoms with Gasteiger partial charge in [0.1, 0.15) is 5.82 Å². The Morgan fingerprint density at radius 3 is 2.83 bits per heavy atom. The lowest BCUT2D eigenvalue weighted by Gasteiger charge is -2.07. The molecule has 0 aliphatic carbocycles. The van der Waals surface area contributed by atoms with Crippen LogP contribution in [0.2, 0.25) is 0 Å². The average molecular weight is 367 g/mol. The van der Waals surface area contributed by atoms with Gasteiger partial charge >= 0.3 is 0 Å². The van der Waals surface area contributed by atoms with Gasteiger partial charge in [0.25, 0.3) is 5.56 Å². The number of H-pyrrole nitrogens is 1. The lowest BCUT2D eigenvalue weighted by atomic mass is 10.3. The van der Waals surface area contributed by atoms with Crippen molar-refractivity contribution in [2.24, 2.45) is 0 Å². The van der Waals surface area contributed by atoms with E-state index in [4.69, 9.17) is 0 Å². The summed E-state index contributed by atoms with van der Waals surface area (Å²) in [5.74, 6) is -0.195. The van der Waals surface area contributed by atoms with Crippen LogP contribution >= 0.6 is 23.5 Å². The summed E-state index contributed by atoms with van der Waals surface area (Å²) < 4.78 is 13.5. The minimum Gasteiger partial charge on any atom is -0.323 e. The van der Waals surface area contributed by atoms with Crippen molar-refractivity contribution >= 4 is 35.1 Å². The Morgan fingerprint density at radius 2 is 2.12 bits per heavy atom. The Kier molecular flexibility index (Phi) is 6.86.